The highest BCUT2D eigenvalue weighted by atomic mass is 16.5. The summed E-state index contributed by atoms with van der Waals surface area (Å²) in [6, 6.07) is 11.5. The van der Waals surface area contributed by atoms with E-state index in [0.29, 0.717) is 41.8 Å². The van der Waals surface area contributed by atoms with Crippen LogP contribution < -0.4 is 10.2 Å². The van der Waals surface area contributed by atoms with Crippen molar-refractivity contribution in [2.75, 3.05) is 36.5 Å². The van der Waals surface area contributed by atoms with Crippen LogP contribution in [0.5, 0.6) is 0 Å². The van der Waals surface area contributed by atoms with E-state index in [0.717, 1.165) is 35.7 Å². The molecule has 0 atom stereocenters. The third kappa shape index (κ3) is 3.87. The van der Waals surface area contributed by atoms with Crippen LogP contribution in [0.2, 0.25) is 0 Å². The number of pyridine rings is 2. The molecule has 0 radical (unpaired) electrons. The van der Waals surface area contributed by atoms with Gasteiger partial charge in [0.1, 0.15) is 17.1 Å². The molecule has 6 rings (SSSR count). The van der Waals surface area contributed by atoms with E-state index in [1.54, 1.807) is 24.8 Å². The number of nitrogens with one attached hydrogen (secondary N) is 2. The van der Waals surface area contributed by atoms with Crippen molar-refractivity contribution in [1.82, 2.24) is 30.1 Å². The minimum atomic E-state index is 0.451. The van der Waals surface area contributed by atoms with Crippen LogP contribution >= 0.6 is 0 Å². The second kappa shape index (κ2) is 8.32. The smallest absolute Gasteiger partial charge is 0.231 e. The number of anilines is 3. The zero-order valence-corrected chi connectivity index (χ0v) is 17.6. The van der Waals surface area contributed by atoms with E-state index in [-0.39, 0.29) is 0 Å². The summed E-state index contributed by atoms with van der Waals surface area (Å²) >= 11 is 0. The van der Waals surface area contributed by atoms with Crippen LogP contribution in [0, 0.1) is 0 Å². The Bertz CT molecular complexity index is 1380. The predicted molar refractivity (Wildman–Crippen MR) is 123 cm³/mol. The topological polar surface area (TPSA) is 118 Å². The molecule has 2 N–H and O–H groups in total. The first-order chi connectivity index (χ1) is 16.3. The highest BCUT2D eigenvalue weighted by molar-refractivity contribution is 5.89. The van der Waals surface area contributed by atoms with Gasteiger partial charge in [-0.25, -0.2) is 4.98 Å². The molecule has 0 aliphatic carbocycles. The zero-order valence-electron chi connectivity index (χ0n) is 17.6. The summed E-state index contributed by atoms with van der Waals surface area (Å²) in [5.41, 5.74) is 4.01. The Labute approximate surface area is 188 Å². The van der Waals surface area contributed by atoms with Gasteiger partial charge in [0.2, 0.25) is 5.95 Å². The number of aromatic nitrogens is 6. The van der Waals surface area contributed by atoms with Gasteiger partial charge in [-0.15, -0.1) is 0 Å². The summed E-state index contributed by atoms with van der Waals surface area (Å²) in [6.07, 6.45) is 6.98. The predicted octanol–water partition coefficient (Wildman–Crippen LogP) is 3.65. The first kappa shape index (κ1) is 19.4. The monoisotopic (exact) mass is 440 g/mol. The summed E-state index contributed by atoms with van der Waals surface area (Å²) in [7, 11) is 0. The molecule has 0 unspecified atom stereocenters. The number of hydrogen-bond donors (Lipinski definition) is 2. The van der Waals surface area contributed by atoms with E-state index < -0.39 is 0 Å². The van der Waals surface area contributed by atoms with Gasteiger partial charge in [0.25, 0.3) is 0 Å². The van der Waals surface area contributed by atoms with Crippen LogP contribution in [-0.4, -0.2) is 56.4 Å². The molecule has 164 valence electrons. The van der Waals surface area contributed by atoms with E-state index in [1.807, 2.05) is 36.4 Å². The lowest BCUT2D eigenvalue weighted by atomic mass is 10.2. The van der Waals surface area contributed by atoms with Crippen molar-refractivity contribution < 1.29 is 9.15 Å². The molecule has 0 spiro atoms. The van der Waals surface area contributed by atoms with E-state index >= 15 is 0 Å². The molecule has 10 heteroatoms. The Hall–Kier alpha value is -4.31. The van der Waals surface area contributed by atoms with Gasteiger partial charge in [-0.3, -0.25) is 15.1 Å². The summed E-state index contributed by atoms with van der Waals surface area (Å²) in [4.78, 5) is 19.9. The minimum Gasteiger partial charge on any atom is -0.450 e. The number of hydrogen-bond acceptors (Lipinski definition) is 9. The van der Waals surface area contributed by atoms with Gasteiger partial charge >= 0.3 is 0 Å². The quantitative estimate of drug-likeness (QED) is 0.422. The number of ether oxygens (including phenoxy) is 1. The number of nitrogens with zero attached hydrogens (tertiary/aromatic N) is 6. The van der Waals surface area contributed by atoms with E-state index in [4.69, 9.17) is 19.1 Å². The van der Waals surface area contributed by atoms with Crippen LogP contribution in [0.15, 0.2) is 65.6 Å². The molecular weight excluding hydrogens is 420 g/mol. The van der Waals surface area contributed by atoms with Crippen molar-refractivity contribution >= 4 is 28.7 Å². The first-order valence-electron chi connectivity index (χ1n) is 10.6. The number of fused-ring (bicyclic) bond motifs is 1. The minimum absolute atomic E-state index is 0.451. The average molecular weight is 440 g/mol. The number of furan rings is 1. The van der Waals surface area contributed by atoms with Gasteiger partial charge in [0, 0.05) is 61.1 Å². The molecule has 0 bridgehead atoms. The van der Waals surface area contributed by atoms with Crippen LogP contribution in [0.4, 0.5) is 17.6 Å². The molecule has 0 amide bonds. The van der Waals surface area contributed by atoms with Gasteiger partial charge in [0.05, 0.1) is 18.9 Å². The van der Waals surface area contributed by atoms with Crippen molar-refractivity contribution in [2.24, 2.45) is 0 Å². The maximum atomic E-state index is 6.20. The van der Waals surface area contributed by atoms with Gasteiger partial charge in [0.15, 0.2) is 11.4 Å². The maximum absolute atomic E-state index is 6.20. The second-order valence-electron chi connectivity index (χ2n) is 7.56. The van der Waals surface area contributed by atoms with E-state index in [2.05, 4.69) is 30.4 Å². The van der Waals surface area contributed by atoms with Crippen molar-refractivity contribution in [3.05, 3.63) is 61.2 Å². The molecule has 5 aromatic heterocycles. The van der Waals surface area contributed by atoms with Crippen molar-refractivity contribution in [3.63, 3.8) is 0 Å². The molecule has 1 saturated heterocycles. The third-order valence-electron chi connectivity index (χ3n) is 5.41. The summed E-state index contributed by atoms with van der Waals surface area (Å²) in [5.74, 6) is 2.56. The Balaban J connectivity index is 1.38. The van der Waals surface area contributed by atoms with E-state index in [1.165, 1.54) is 0 Å². The highest BCUT2D eigenvalue weighted by Crippen LogP contribution is 2.33. The van der Waals surface area contributed by atoms with Gasteiger partial charge in [-0.05, 0) is 24.3 Å². The first-order valence-corrected chi connectivity index (χ1v) is 10.6. The molecule has 0 aromatic carbocycles. The Morgan fingerprint density at radius 2 is 1.82 bits per heavy atom. The molecule has 1 fully saturated rings. The fourth-order valence-electron chi connectivity index (χ4n) is 3.79. The number of H-pyrrole nitrogens is 1. The molecule has 10 nitrogen and oxygen atoms in total. The van der Waals surface area contributed by atoms with Crippen LogP contribution in [0.1, 0.15) is 0 Å². The summed E-state index contributed by atoms with van der Waals surface area (Å²) in [5, 5.41) is 10.6. The SMILES string of the molecule is c1cncc(-c2cc3nc(Nc4cc(-c5ccncc5)n[nH]4)nc(N4CCOCC4)c3o2)c1. The van der Waals surface area contributed by atoms with Gasteiger partial charge in [-0.1, -0.05) is 0 Å². The maximum Gasteiger partial charge on any atom is 0.231 e. The standard InChI is InChI=1S/C23H20N8O2/c1-2-16(14-25-5-1)19-12-18-21(33-19)22(31-8-10-32-11-9-31)28-23(26-18)27-20-13-17(29-30-20)15-3-6-24-7-4-15/h1-7,12-14H,8-11H2,(H2,26,27,28,29,30). The lowest BCUT2D eigenvalue weighted by molar-refractivity contribution is 0.122. The number of rotatable bonds is 5. The molecule has 0 saturated carbocycles. The summed E-state index contributed by atoms with van der Waals surface area (Å²) in [6.45, 7) is 2.73. The normalized spacial score (nSPS) is 14.0. The molecule has 1 aliphatic rings. The van der Waals surface area contributed by atoms with Gasteiger partial charge in [-0.2, -0.15) is 10.1 Å². The fraction of sp³-hybridized carbons (Fsp3) is 0.174. The molecular formula is C23H20N8O2. The van der Waals surface area contributed by atoms with Crippen molar-refractivity contribution in [2.45, 2.75) is 0 Å². The zero-order chi connectivity index (χ0) is 22.0. The molecule has 6 heterocycles. The molecule has 33 heavy (non-hydrogen) atoms. The largest absolute Gasteiger partial charge is 0.450 e. The van der Waals surface area contributed by atoms with Crippen LogP contribution in [0.25, 0.3) is 33.7 Å². The Morgan fingerprint density at radius 3 is 2.64 bits per heavy atom. The highest BCUT2D eigenvalue weighted by Gasteiger charge is 2.21. The van der Waals surface area contributed by atoms with E-state index in [9.17, 15) is 0 Å². The lowest BCUT2D eigenvalue weighted by Gasteiger charge is -2.27. The Morgan fingerprint density at radius 1 is 0.939 bits per heavy atom. The van der Waals surface area contributed by atoms with Crippen LogP contribution in [0.3, 0.4) is 0 Å². The number of morpholine rings is 1. The second-order valence-corrected chi connectivity index (χ2v) is 7.56. The van der Waals surface area contributed by atoms with Gasteiger partial charge < -0.3 is 19.4 Å². The molecule has 5 aromatic rings. The van der Waals surface area contributed by atoms with Crippen molar-refractivity contribution in [3.8, 4) is 22.6 Å². The third-order valence-corrected chi connectivity index (χ3v) is 5.41. The summed E-state index contributed by atoms with van der Waals surface area (Å²) < 4.78 is 11.7. The fourth-order valence-corrected chi connectivity index (χ4v) is 3.79. The van der Waals surface area contributed by atoms with Crippen molar-refractivity contribution in [1.29, 1.82) is 0 Å². The molecule has 1 aliphatic heterocycles. The number of aromatic amines is 1. The lowest BCUT2D eigenvalue weighted by Crippen LogP contribution is -2.37. The van der Waals surface area contributed by atoms with Crippen LogP contribution in [-0.2, 0) is 4.74 Å². The average Bonchev–Trinajstić information content (AvgIpc) is 3.53. The Kier molecular flexibility index (Phi) is 4.89.